The van der Waals surface area contributed by atoms with E-state index in [0.29, 0.717) is 6.54 Å². The number of hydrogen-bond acceptors (Lipinski definition) is 2. The predicted molar refractivity (Wildman–Crippen MR) is 74.6 cm³/mol. The van der Waals surface area contributed by atoms with Gasteiger partial charge in [0.25, 0.3) is 0 Å². The van der Waals surface area contributed by atoms with Gasteiger partial charge in [-0.1, -0.05) is 23.9 Å². The second-order valence-electron chi connectivity index (χ2n) is 4.39. The number of nitrogens with zero attached hydrogens (tertiary/aromatic N) is 1. The lowest BCUT2D eigenvalue weighted by Gasteiger charge is -2.23. The molecule has 0 amide bonds. The molecule has 2 rings (SSSR count). The highest BCUT2D eigenvalue weighted by atomic mass is 32.2. The van der Waals surface area contributed by atoms with Crippen molar-refractivity contribution in [1.29, 1.82) is 0 Å². The summed E-state index contributed by atoms with van der Waals surface area (Å²) in [4.78, 5) is -0.106. The van der Waals surface area contributed by atoms with Gasteiger partial charge >= 0.3 is 0 Å². The lowest BCUT2D eigenvalue weighted by atomic mass is 10.2. The minimum Gasteiger partial charge on any atom is -0.568 e. The van der Waals surface area contributed by atoms with Gasteiger partial charge in [-0.25, -0.2) is 17.2 Å². The normalized spacial score (nSPS) is 11.4. The van der Waals surface area contributed by atoms with E-state index >= 15 is 0 Å². The SMILES string of the molecule is C[NH2+]Cc1ccc(S(=O)(=O)[N-]c2c(F)cccc2F)cc1. The topological polar surface area (TPSA) is 64.8 Å². The monoisotopic (exact) mass is 312 g/mol. The summed E-state index contributed by atoms with van der Waals surface area (Å²) in [5.74, 6) is -2.04. The summed E-state index contributed by atoms with van der Waals surface area (Å²) in [7, 11) is -2.27. The summed E-state index contributed by atoms with van der Waals surface area (Å²) < 4.78 is 54.3. The van der Waals surface area contributed by atoms with Crippen LogP contribution in [0, 0.1) is 11.6 Å². The first kappa shape index (κ1) is 15.4. The van der Waals surface area contributed by atoms with Gasteiger partial charge in [0.15, 0.2) is 0 Å². The van der Waals surface area contributed by atoms with Crippen molar-refractivity contribution < 1.29 is 22.5 Å². The molecule has 0 heterocycles. The van der Waals surface area contributed by atoms with Crippen molar-refractivity contribution in [3.05, 3.63) is 64.4 Å². The van der Waals surface area contributed by atoms with Gasteiger partial charge in [0.05, 0.1) is 11.9 Å². The van der Waals surface area contributed by atoms with Crippen LogP contribution in [0.25, 0.3) is 4.72 Å². The van der Waals surface area contributed by atoms with E-state index in [9.17, 15) is 17.2 Å². The summed E-state index contributed by atoms with van der Waals surface area (Å²) in [6.07, 6.45) is 0. The van der Waals surface area contributed by atoms with Gasteiger partial charge in [0, 0.05) is 5.56 Å². The Bertz CT molecular complexity index is 711. The number of rotatable bonds is 5. The van der Waals surface area contributed by atoms with Gasteiger partial charge in [-0.15, -0.1) is 0 Å². The van der Waals surface area contributed by atoms with Gasteiger partial charge in [0.1, 0.15) is 28.2 Å². The van der Waals surface area contributed by atoms with Crippen molar-refractivity contribution in [3.63, 3.8) is 0 Å². The quantitative estimate of drug-likeness (QED) is 0.918. The molecule has 0 aliphatic heterocycles. The highest BCUT2D eigenvalue weighted by Crippen LogP contribution is 2.32. The van der Waals surface area contributed by atoms with Crippen LogP contribution in [0.3, 0.4) is 0 Å². The molecule has 112 valence electrons. The van der Waals surface area contributed by atoms with Crippen LogP contribution in [0.4, 0.5) is 14.5 Å². The van der Waals surface area contributed by atoms with E-state index in [-0.39, 0.29) is 4.90 Å². The van der Waals surface area contributed by atoms with Crippen molar-refractivity contribution in [2.24, 2.45) is 0 Å². The Morgan fingerprint density at radius 2 is 1.62 bits per heavy atom. The number of halogens is 2. The zero-order chi connectivity index (χ0) is 15.5. The molecular weight excluding hydrogens is 298 g/mol. The first-order valence-electron chi connectivity index (χ1n) is 6.23. The molecule has 0 aliphatic rings. The minimum atomic E-state index is -4.16. The second kappa shape index (κ2) is 6.19. The molecule has 2 aromatic carbocycles. The minimum absolute atomic E-state index is 0.106. The average Bonchev–Trinajstić information content (AvgIpc) is 2.44. The number of hydrogen-bond donors (Lipinski definition) is 1. The zero-order valence-electron chi connectivity index (χ0n) is 11.3. The van der Waals surface area contributed by atoms with Gasteiger partial charge < -0.3 is 10.0 Å². The maximum atomic E-state index is 13.5. The molecular formula is C14H14F2N2O2S. The van der Waals surface area contributed by atoms with Crippen LogP contribution >= 0.6 is 0 Å². The largest absolute Gasteiger partial charge is 0.568 e. The molecule has 0 aliphatic carbocycles. The Hall–Kier alpha value is -1.99. The number of sulfonamides is 1. The third-order valence-corrected chi connectivity index (χ3v) is 4.10. The molecule has 0 unspecified atom stereocenters. The Balaban J connectivity index is 2.30. The fourth-order valence-corrected chi connectivity index (χ4v) is 2.78. The molecule has 2 aromatic rings. The van der Waals surface area contributed by atoms with Crippen molar-refractivity contribution in [3.8, 4) is 0 Å². The Labute approximate surface area is 121 Å². The maximum absolute atomic E-state index is 13.5. The Kier molecular flexibility index (Phi) is 4.54. The summed E-state index contributed by atoms with van der Waals surface area (Å²) in [5.41, 5.74) is 0.136. The van der Waals surface area contributed by atoms with E-state index in [1.165, 1.54) is 12.1 Å². The van der Waals surface area contributed by atoms with Gasteiger partial charge in [-0.3, -0.25) is 0 Å². The van der Waals surface area contributed by atoms with Gasteiger partial charge in [-0.05, 0) is 24.3 Å². The van der Waals surface area contributed by atoms with E-state index in [1.807, 2.05) is 12.4 Å². The molecule has 0 bridgehead atoms. The van der Waals surface area contributed by atoms with Crippen LogP contribution in [0.1, 0.15) is 5.56 Å². The first-order valence-corrected chi connectivity index (χ1v) is 7.67. The first-order chi connectivity index (χ1) is 9.94. The molecule has 7 heteroatoms. The highest BCUT2D eigenvalue weighted by molar-refractivity contribution is 7.94. The second-order valence-corrected chi connectivity index (χ2v) is 6.00. The molecule has 0 radical (unpaired) electrons. The summed E-state index contributed by atoms with van der Waals surface area (Å²) in [5, 5.41) is 1.93. The molecule has 4 nitrogen and oxygen atoms in total. The van der Waals surface area contributed by atoms with Gasteiger partial charge in [-0.2, -0.15) is 0 Å². The maximum Gasteiger partial charge on any atom is 0.123 e. The Morgan fingerprint density at radius 3 is 2.14 bits per heavy atom. The van der Waals surface area contributed by atoms with E-state index in [1.54, 1.807) is 12.1 Å². The fourth-order valence-electron chi connectivity index (χ4n) is 1.78. The summed E-state index contributed by atoms with van der Waals surface area (Å²) >= 11 is 0. The number of benzene rings is 2. The van der Waals surface area contributed by atoms with Gasteiger partial charge in [0.2, 0.25) is 0 Å². The third kappa shape index (κ3) is 3.56. The standard InChI is InChI=1S/C14H13F2N2O2S/c1-17-9-10-5-7-11(8-6-10)21(19,20)18-14-12(15)3-2-4-13(14)16/h2-8,17H,9H2,1H3/q-1/p+1. The molecule has 0 fully saturated rings. The highest BCUT2D eigenvalue weighted by Gasteiger charge is 2.09. The van der Waals surface area contributed by atoms with Crippen LogP contribution in [0.15, 0.2) is 47.4 Å². The van der Waals surface area contributed by atoms with Crippen molar-refractivity contribution in [2.75, 3.05) is 7.05 Å². The molecule has 0 saturated carbocycles. The van der Waals surface area contributed by atoms with E-state index in [0.717, 1.165) is 23.8 Å². The molecule has 0 spiro atoms. The molecule has 21 heavy (non-hydrogen) atoms. The number of quaternary nitrogens is 1. The average molecular weight is 312 g/mol. The predicted octanol–water partition coefficient (Wildman–Crippen LogP) is 2.05. The smallest absolute Gasteiger partial charge is 0.123 e. The number of nitrogens with two attached hydrogens (primary N) is 1. The van der Waals surface area contributed by atoms with E-state index in [2.05, 4.69) is 4.72 Å². The molecule has 0 atom stereocenters. The third-order valence-electron chi connectivity index (χ3n) is 2.81. The molecule has 2 N–H and O–H groups in total. The van der Waals surface area contributed by atoms with Crippen molar-refractivity contribution in [2.45, 2.75) is 11.4 Å². The molecule has 0 saturated heterocycles. The van der Waals surface area contributed by atoms with E-state index in [4.69, 9.17) is 0 Å². The van der Waals surface area contributed by atoms with Crippen LogP contribution in [-0.2, 0) is 16.6 Å². The van der Waals surface area contributed by atoms with Crippen LogP contribution in [-0.4, -0.2) is 15.5 Å². The zero-order valence-corrected chi connectivity index (χ0v) is 12.1. The summed E-state index contributed by atoms with van der Waals surface area (Å²) in [6.45, 7) is 0.708. The van der Waals surface area contributed by atoms with Crippen molar-refractivity contribution >= 4 is 15.7 Å². The lowest BCUT2D eigenvalue weighted by molar-refractivity contribution is -0.643. The van der Waals surface area contributed by atoms with Crippen LogP contribution in [0.2, 0.25) is 0 Å². The Morgan fingerprint density at radius 1 is 1.05 bits per heavy atom. The van der Waals surface area contributed by atoms with E-state index < -0.39 is 27.3 Å². The summed E-state index contributed by atoms with van der Waals surface area (Å²) in [6, 6.07) is 9.08. The lowest BCUT2D eigenvalue weighted by Crippen LogP contribution is -2.77. The van der Waals surface area contributed by atoms with Crippen molar-refractivity contribution in [1.82, 2.24) is 0 Å². The fraction of sp³-hybridized carbons (Fsp3) is 0.143. The van der Waals surface area contributed by atoms with Crippen LogP contribution < -0.4 is 5.32 Å². The molecule has 0 aromatic heterocycles. The van der Waals surface area contributed by atoms with Crippen LogP contribution in [0.5, 0.6) is 0 Å².